The number of fused-ring (bicyclic) bond motifs is 5. The molecule has 10 heteroatoms. The summed E-state index contributed by atoms with van der Waals surface area (Å²) in [7, 11) is 0. The first kappa shape index (κ1) is 32.0. The summed E-state index contributed by atoms with van der Waals surface area (Å²) in [5.41, 5.74) is 5.10. The molecule has 4 rings (SSSR count). The predicted octanol–water partition coefficient (Wildman–Crippen LogP) is 4.80. The van der Waals surface area contributed by atoms with Gasteiger partial charge in [-0.05, 0) is 31.9 Å². The molecular weight excluding hydrogens is 546 g/mol. The van der Waals surface area contributed by atoms with Gasteiger partial charge in [0.25, 0.3) is 0 Å². The van der Waals surface area contributed by atoms with Crippen LogP contribution in [0.1, 0.15) is 58.9 Å². The van der Waals surface area contributed by atoms with Gasteiger partial charge in [0.15, 0.2) is 0 Å². The Morgan fingerprint density at radius 1 is 0.907 bits per heavy atom. The number of nitrogens with zero attached hydrogens (tertiary/aromatic N) is 4. The second-order valence-corrected chi connectivity index (χ2v) is 11.3. The molecule has 1 aliphatic rings. The van der Waals surface area contributed by atoms with Crippen LogP contribution in [-0.4, -0.2) is 65.1 Å². The summed E-state index contributed by atoms with van der Waals surface area (Å²) >= 11 is 0. The number of hydrogen-bond donors (Lipinski definition) is 1. The Kier molecular flexibility index (Phi) is 11.6. The second-order valence-electron chi connectivity index (χ2n) is 11.3. The molecule has 2 heterocycles. The zero-order valence-corrected chi connectivity index (χ0v) is 25.7. The van der Waals surface area contributed by atoms with E-state index in [-0.39, 0.29) is 42.5 Å². The van der Waals surface area contributed by atoms with E-state index in [0.717, 1.165) is 28.1 Å². The van der Waals surface area contributed by atoms with Crippen molar-refractivity contribution >= 4 is 23.3 Å². The van der Waals surface area contributed by atoms with E-state index in [4.69, 9.17) is 9.47 Å². The van der Waals surface area contributed by atoms with Gasteiger partial charge in [-0.3, -0.25) is 14.4 Å². The predicted molar refractivity (Wildman–Crippen MR) is 165 cm³/mol. The highest BCUT2D eigenvalue weighted by atomic mass is 16.5. The highest BCUT2D eigenvalue weighted by molar-refractivity contribution is 6.01. The van der Waals surface area contributed by atoms with Crippen LogP contribution in [0, 0.1) is 5.92 Å². The summed E-state index contributed by atoms with van der Waals surface area (Å²) in [4.78, 5) is 39.6. The van der Waals surface area contributed by atoms with E-state index in [2.05, 4.69) is 15.6 Å². The highest BCUT2D eigenvalue weighted by Gasteiger charge is 2.29. The van der Waals surface area contributed by atoms with Crippen LogP contribution in [0.5, 0.6) is 0 Å². The van der Waals surface area contributed by atoms with Crippen LogP contribution >= 0.6 is 0 Å². The number of carbonyl (C=O) groups is 3. The summed E-state index contributed by atoms with van der Waals surface area (Å²) in [6.07, 6.45) is 1.32. The number of rotatable bonds is 15. The minimum atomic E-state index is -0.182. The summed E-state index contributed by atoms with van der Waals surface area (Å²) in [6, 6.07) is 15.7. The normalized spacial score (nSPS) is 12.4. The van der Waals surface area contributed by atoms with Gasteiger partial charge < -0.3 is 19.7 Å². The summed E-state index contributed by atoms with van der Waals surface area (Å²) in [5.74, 6) is -0.126. The molecule has 0 saturated carbocycles. The molecule has 0 spiro atoms. The molecule has 1 aromatic heterocycles. The van der Waals surface area contributed by atoms with Gasteiger partial charge in [-0.25, -0.2) is 4.68 Å². The molecular formula is C33H43N5O5. The monoisotopic (exact) mass is 589 g/mol. The van der Waals surface area contributed by atoms with Gasteiger partial charge >= 0.3 is 0 Å². The van der Waals surface area contributed by atoms with Crippen LogP contribution in [0.15, 0.2) is 48.5 Å². The largest absolute Gasteiger partial charge is 0.381 e. The van der Waals surface area contributed by atoms with Crippen molar-refractivity contribution in [2.45, 2.75) is 72.6 Å². The Balaban J connectivity index is 1.41. The number of benzene rings is 2. The van der Waals surface area contributed by atoms with Gasteiger partial charge in [-0.1, -0.05) is 61.5 Å². The van der Waals surface area contributed by atoms with Gasteiger partial charge in [-0.2, -0.15) is 0 Å². The lowest BCUT2D eigenvalue weighted by Crippen LogP contribution is -2.33. The molecule has 0 unspecified atom stereocenters. The Bertz CT molecular complexity index is 1400. The standard InChI is InChI=1S/C33H43N5O5/c1-23(2)29(39)16-20-42-19-9-17-34-30(40)14-15-31(41)37-22-25-10-5-6-11-26(25)33-32(27-12-7-8-13-28(27)37)35-36-38(33)18-21-43-24(3)4/h5-8,10-13,23-24H,9,14-22H2,1-4H3,(H,34,40). The Hall–Kier alpha value is -3.89. The summed E-state index contributed by atoms with van der Waals surface area (Å²) in [5, 5.41) is 11.9. The van der Waals surface area contributed by atoms with Crippen LogP contribution in [0.3, 0.4) is 0 Å². The van der Waals surface area contributed by atoms with Crippen molar-refractivity contribution in [3.8, 4) is 22.5 Å². The number of para-hydroxylation sites is 1. The Morgan fingerprint density at radius 2 is 1.65 bits per heavy atom. The number of Topliss-reactive ketones (excluding diaryl/α,β-unsaturated/α-hetero) is 1. The van der Waals surface area contributed by atoms with Crippen LogP contribution in [0.2, 0.25) is 0 Å². The molecule has 2 aromatic carbocycles. The van der Waals surface area contributed by atoms with E-state index in [9.17, 15) is 14.4 Å². The molecule has 1 N–H and O–H groups in total. The lowest BCUT2D eigenvalue weighted by molar-refractivity contribution is -0.125. The number of ketones is 1. The number of anilines is 1. The van der Waals surface area contributed by atoms with Gasteiger partial charge in [0.05, 0.1) is 43.8 Å². The molecule has 0 atom stereocenters. The molecule has 1 aliphatic heterocycles. The molecule has 0 saturated heterocycles. The molecule has 10 nitrogen and oxygen atoms in total. The number of hydrogen-bond acceptors (Lipinski definition) is 7. The number of carbonyl (C=O) groups excluding carboxylic acids is 3. The zero-order chi connectivity index (χ0) is 30.8. The average Bonchev–Trinajstić information content (AvgIpc) is 3.40. The third-order valence-corrected chi connectivity index (χ3v) is 7.33. The summed E-state index contributed by atoms with van der Waals surface area (Å²) < 4.78 is 13.2. The van der Waals surface area contributed by atoms with Gasteiger partial charge in [0, 0.05) is 49.5 Å². The number of aromatic nitrogens is 3. The molecule has 2 amide bonds. The molecule has 0 aliphatic carbocycles. The maximum atomic E-state index is 13.7. The number of ether oxygens (including phenoxy) is 2. The van der Waals surface area contributed by atoms with Gasteiger partial charge in [-0.15, -0.1) is 5.10 Å². The SMILES string of the molecule is CC(C)OCCn1nnc2c1-c1ccccc1CN(C(=O)CCC(=O)NCCCOCCC(=O)C(C)C)c1ccccc1-2. The van der Waals surface area contributed by atoms with Gasteiger partial charge in [0.2, 0.25) is 11.8 Å². The van der Waals surface area contributed by atoms with Crippen molar-refractivity contribution in [2.24, 2.45) is 5.92 Å². The number of nitrogens with one attached hydrogen (secondary N) is 1. The van der Waals surface area contributed by atoms with E-state index in [1.165, 1.54) is 0 Å². The zero-order valence-electron chi connectivity index (χ0n) is 25.7. The van der Waals surface area contributed by atoms with E-state index in [1.54, 1.807) is 4.90 Å². The third kappa shape index (κ3) is 8.58. The fourth-order valence-corrected chi connectivity index (χ4v) is 4.98. The van der Waals surface area contributed by atoms with E-state index in [0.29, 0.717) is 58.0 Å². The van der Waals surface area contributed by atoms with Crippen molar-refractivity contribution in [1.29, 1.82) is 0 Å². The first-order valence-corrected chi connectivity index (χ1v) is 15.2. The maximum absolute atomic E-state index is 13.7. The Morgan fingerprint density at radius 3 is 2.42 bits per heavy atom. The fraction of sp³-hybridized carbons (Fsp3) is 0.485. The Labute approximate surface area is 253 Å². The van der Waals surface area contributed by atoms with Crippen LogP contribution in [-0.2, 0) is 36.9 Å². The molecule has 0 fully saturated rings. The first-order chi connectivity index (χ1) is 20.8. The van der Waals surface area contributed by atoms with Gasteiger partial charge in [0.1, 0.15) is 11.5 Å². The van der Waals surface area contributed by atoms with Crippen LogP contribution in [0.4, 0.5) is 5.69 Å². The maximum Gasteiger partial charge on any atom is 0.227 e. The lowest BCUT2D eigenvalue weighted by atomic mass is 9.95. The minimum absolute atomic E-state index is 0.0145. The summed E-state index contributed by atoms with van der Waals surface area (Å²) in [6.45, 7) is 10.5. The van der Waals surface area contributed by atoms with Crippen LogP contribution in [0.25, 0.3) is 22.5 Å². The first-order valence-electron chi connectivity index (χ1n) is 15.2. The van der Waals surface area contributed by atoms with E-state index in [1.807, 2.05) is 80.9 Å². The highest BCUT2D eigenvalue weighted by Crippen LogP contribution is 2.41. The van der Waals surface area contributed by atoms with E-state index >= 15 is 0 Å². The molecule has 3 aromatic rings. The quantitative estimate of drug-likeness (QED) is 0.253. The van der Waals surface area contributed by atoms with Crippen LogP contribution < -0.4 is 10.2 Å². The fourth-order valence-electron chi connectivity index (χ4n) is 4.98. The molecule has 230 valence electrons. The molecule has 0 radical (unpaired) electrons. The van der Waals surface area contributed by atoms with Crippen molar-refractivity contribution < 1.29 is 23.9 Å². The number of amides is 2. The molecule has 0 bridgehead atoms. The van der Waals surface area contributed by atoms with Crippen molar-refractivity contribution in [1.82, 2.24) is 20.3 Å². The average molecular weight is 590 g/mol. The lowest BCUT2D eigenvalue weighted by Gasteiger charge is -2.28. The minimum Gasteiger partial charge on any atom is -0.381 e. The molecule has 43 heavy (non-hydrogen) atoms. The van der Waals surface area contributed by atoms with E-state index < -0.39 is 0 Å². The van der Waals surface area contributed by atoms with Crippen molar-refractivity contribution in [2.75, 3.05) is 31.3 Å². The smallest absolute Gasteiger partial charge is 0.227 e. The second kappa shape index (κ2) is 15.5. The third-order valence-electron chi connectivity index (χ3n) is 7.33. The van der Waals surface area contributed by atoms with Crippen molar-refractivity contribution in [3.05, 3.63) is 54.1 Å². The topological polar surface area (TPSA) is 116 Å². The van der Waals surface area contributed by atoms with Crippen molar-refractivity contribution in [3.63, 3.8) is 0 Å².